The second-order valence-corrected chi connectivity index (χ2v) is 3.26. The van der Waals surface area contributed by atoms with Gasteiger partial charge in [-0.3, -0.25) is 0 Å². The van der Waals surface area contributed by atoms with Crippen molar-refractivity contribution in [3.05, 3.63) is 28.8 Å². The van der Waals surface area contributed by atoms with E-state index >= 15 is 0 Å². The van der Waals surface area contributed by atoms with Crippen LogP contribution < -0.4 is 5.73 Å². The summed E-state index contributed by atoms with van der Waals surface area (Å²) in [6.07, 6.45) is 0. The summed E-state index contributed by atoms with van der Waals surface area (Å²) in [5, 5.41) is 0. The zero-order valence-corrected chi connectivity index (χ0v) is 9.37. The Morgan fingerprint density at radius 2 is 1.44 bits per heavy atom. The van der Waals surface area contributed by atoms with Gasteiger partial charge < -0.3 is 15.2 Å². The van der Waals surface area contributed by atoms with Gasteiger partial charge in [0.05, 0.1) is 31.0 Å². The van der Waals surface area contributed by atoms with E-state index in [1.165, 1.54) is 14.2 Å². The highest BCUT2D eigenvalue weighted by Crippen LogP contribution is 2.21. The molecular formula is C11H13NO4. The van der Waals surface area contributed by atoms with E-state index in [1.807, 2.05) is 0 Å². The Hall–Kier alpha value is -2.04. The lowest BCUT2D eigenvalue weighted by atomic mass is 10.0. The number of hydrogen-bond acceptors (Lipinski definition) is 5. The van der Waals surface area contributed by atoms with Crippen LogP contribution in [0.1, 0.15) is 26.3 Å². The molecule has 0 radical (unpaired) electrons. The number of hydrogen-bond donors (Lipinski definition) is 1. The Balaban J connectivity index is 3.37. The predicted molar refractivity (Wildman–Crippen MR) is 58.3 cm³/mol. The van der Waals surface area contributed by atoms with Gasteiger partial charge in [0, 0.05) is 0 Å². The second-order valence-electron chi connectivity index (χ2n) is 3.26. The maximum atomic E-state index is 11.4. The molecular weight excluding hydrogens is 210 g/mol. The average molecular weight is 223 g/mol. The van der Waals surface area contributed by atoms with Crippen LogP contribution in [-0.2, 0) is 9.47 Å². The summed E-state index contributed by atoms with van der Waals surface area (Å²) in [5.74, 6) is -1.15. The van der Waals surface area contributed by atoms with E-state index in [1.54, 1.807) is 19.1 Å². The van der Waals surface area contributed by atoms with Gasteiger partial charge in [-0.1, -0.05) is 0 Å². The van der Waals surface area contributed by atoms with Gasteiger partial charge in [0.1, 0.15) is 0 Å². The second kappa shape index (κ2) is 4.65. The number of rotatable bonds is 2. The molecule has 0 bridgehead atoms. The molecule has 0 aromatic heterocycles. The summed E-state index contributed by atoms with van der Waals surface area (Å²) in [6.45, 7) is 1.75. The van der Waals surface area contributed by atoms with E-state index in [9.17, 15) is 9.59 Å². The third-order valence-electron chi connectivity index (χ3n) is 2.13. The first kappa shape index (κ1) is 12.0. The van der Waals surface area contributed by atoms with Crippen LogP contribution >= 0.6 is 0 Å². The maximum Gasteiger partial charge on any atom is 0.339 e. The van der Waals surface area contributed by atoms with Crippen LogP contribution in [0.2, 0.25) is 0 Å². The van der Waals surface area contributed by atoms with Crippen LogP contribution in [0.25, 0.3) is 0 Å². The van der Waals surface area contributed by atoms with E-state index in [4.69, 9.17) is 5.73 Å². The minimum absolute atomic E-state index is 0.0734. The first-order valence-corrected chi connectivity index (χ1v) is 4.58. The van der Waals surface area contributed by atoms with Crippen LogP contribution in [0, 0.1) is 6.92 Å². The standard InChI is InChI=1S/C11H13NO4/c1-6-4-7(10(13)15-2)9(12)8(5-6)11(14)16-3/h4-5H,12H2,1-3H3. The number of esters is 2. The number of ether oxygens (including phenoxy) is 2. The fourth-order valence-corrected chi connectivity index (χ4v) is 1.36. The largest absolute Gasteiger partial charge is 0.465 e. The van der Waals surface area contributed by atoms with E-state index in [-0.39, 0.29) is 16.8 Å². The summed E-state index contributed by atoms with van der Waals surface area (Å²) < 4.78 is 9.14. The minimum atomic E-state index is -0.577. The number of methoxy groups -OCH3 is 2. The summed E-state index contributed by atoms with van der Waals surface area (Å²) in [6, 6.07) is 3.13. The van der Waals surface area contributed by atoms with Crippen molar-refractivity contribution in [3.8, 4) is 0 Å². The number of benzene rings is 1. The van der Waals surface area contributed by atoms with Gasteiger partial charge in [-0.15, -0.1) is 0 Å². The Kier molecular flexibility index (Phi) is 3.50. The van der Waals surface area contributed by atoms with E-state index < -0.39 is 11.9 Å². The number of carbonyl (C=O) groups is 2. The molecule has 86 valence electrons. The first-order chi connectivity index (χ1) is 7.51. The number of aryl methyl sites for hydroxylation is 1. The number of carbonyl (C=O) groups excluding carboxylic acids is 2. The van der Waals surface area contributed by atoms with Crippen LogP contribution in [-0.4, -0.2) is 26.2 Å². The molecule has 0 aliphatic heterocycles. The first-order valence-electron chi connectivity index (χ1n) is 4.58. The monoisotopic (exact) mass is 223 g/mol. The summed E-state index contributed by atoms with van der Waals surface area (Å²) in [4.78, 5) is 22.8. The van der Waals surface area contributed by atoms with Crippen LogP contribution in [0.15, 0.2) is 12.1 Å². The Bertz CT molecular complexity index is 403. The summed E-state index contributed by atoms with van der Waals surface area (Å²) in [7, 11) is 2.50. The van der Waals surface area contributed by atoms with Gasteiger partial charge in [-0.25, -0.2) is 9.59 Å². The topological polar surface area (TPSA) is 78.6 Å². The van der Waals surface area contributed by atoms with Crippen LogP contribution in [0.4, 0.5) is 5.69 Å². The van der Waals surface area contributed by atoms with Crippen molar-refractivity contribution >= 4 is 17.6 Å². The zero-order valence-electron chi connectivity index (χ0n) is 9.37. The molecule has 0 amide bonds. The van der Waals surface area contributed by atoms with Gasteiger partial charge >= 0.3 is 11.9 Å². The van der Waals surface area contributed by atoms with Crippen molar-refractivity contribution < 1.29 is 19.1 Å². The Morgan fingerprint density at radius 3 is 1.75 bits per heavy atom. The van der Waals surface area contributed by atoms with Crippen molar-refractivity contribution in [1.82, 2.24) is 0 Å². The molecule has 5 heteroatoms. The smallest absolute Gasteiger partial charge is 0.339 e. The van der Waals surface area contributed by atoms with Gasteiger partial charge in [0.2, 0.25) is 0 Å². The van der Waals surface area contributed by atoms with Crippen molar-refractivity contribution in [2.45, 2.75) is 6.92 Å². The van der Waals surface area contributed by atoms with Crippen molar-refractivity contribution in [2.75, 3.05) is 20.0 Å². The fraction of sp³-hybridized carbons (Fsp3) is 0.273. The molecule has 0 saturated carbocycles. The molecule has 1 aromatic rings. The molecule has 16 heavy (non-hydrogen) atoms. The SMILES string of the molecule is COC(=O)c1cc(C)cc(C(=O)OC)c1N. The van der Waals surface area contributed by atoms with Gasteiger partial charge in [-0.2, -0.15) is 0 Å². The molecule has 0 heterocycles. The lowest BCUT2D eigenvalue weighted by Gasteiger charge is -2.09. The molecule has 0 fully saturated rings. The predicted octanol–water partition coefficient (Wildman–Crippen LogP) is 1.15. The van der Waals surface area contributed by atoms with Crippen molar-refractivity contribution in [2.24, 2.45) is 0 Å². The molecule has 0 aliphatic carbocycles. The van der Waals surface area contributed by atoms with Crippen LogP contribution in [0.5, 0.6) is 0 Å². The normalized spacial score (nSPS) is 9.69. The molecule has 1 aromatic carbocycles. The molecule has 0 saturated heterocycles. The van der Waals surface area contributed by atoms with Crippen molar-refractivity contribution in [3.63, 3.8) is 0 Å². The highest BCUT2D eigenvalue weighted by Gasteiger charge is 2.18. The number of nitrogen functional groups attached to an aromatic ring is 1. The van der Waals surface area contributed by atoms with Gasteiger partial charge in [0.15, 0.2) is 0 Å². The van der Waals surface area contributed by atoms with Gasteiger partial charge in [0.25, 0.3) is 0 Å². The molecule has 0 aliphatic rings. The Morgan fingerprint density at radius 1 is 1.06 bits per heavy atom. The number of anilines is 1. The summed E-state index contributed by atoms with van der Waals surface area (Å²) >= 11 is 0. The zero-order chi connectivity index (χ0) is 12.3. The van der Waals surface area contributed by atoms with Gasteiger partial charge in [-0.05, 0) is 24.6 Å². The van der Waals surface area contributed by atoms with Crippen molar-refractivity contribution in [1.29, 1.82) is 0 Å². The average Bonchev–Trinajstić information content (AvgIpc) is 2.29. The summed E-state index contributed by atoms with van der Waals surface area (Å²) in [5.41, 5.74) is 6.85. The molecule has 5 nitrogen and oxygen atoms in total. The lowest BCUT2D eigenvalue weighted by Crippen LogP contribution is -2.12. The maximum absolute atomic E-state index is 11.4. The molecule has 2 N–H and O–H groups in total. The minimum Gasteiger partial charge on any atom is -0.465 e. The third-order valence-corrected chi connectivity index (χ3v) is 2.13. The molecule has 0 spiro atoms. The molecule has 0 unspecified atom stereocenters. The van der Waals surface area contributed by atoms with E-state index in [0.29, 0.717) is 0 Å². The van der Waals surface area contributed by atoms with Crippen LogP contribution in [0.3, 0.4) is 0 Å². The molecule has 1 rings (SSSR count). The third kappa shape index (κ3) is 2.13. The Labute approximate surface area is 93.1 Å². The van der Waals surface area contributed by atoms with E-state index in [0.717, 1.165) is 5.56 Å². The number of nitrogens with two attached hydrogens (primary N) is 1. The van der Waals surface area contributed by atoms with E-state index in [2.05, 4.69) is 9.47 Å². The highest BCUT2D eigenvalue weighted by atomic mass is 16.5. The fourth-order valence-electron chi connectivity index (χ4n) is 1.36. The molecule has 0 atom stereocenters. The quantitative estimate of drug-likeness (QED) is 0.601. The lowest BCUT2D eigenvalue weighted by molar-refractivity contribution is 0.0601. The highest BCUT2D eigenvalue weighted by molar-refractivity contribution is 6.03.